The standard InChI is InChI=1S/C12H8N4O3S/c1-4-19-15-8(1)12(9-2-6-20-16-9)7-18-11(14-12)10-13-3-5-17-10/h1-6H,7H2. The third kappa shape index (κ3) is 1.58. The molecule has 3 aromatic heterocycles. The molecule has 0 fully saturated rings. The normalized spacial score (nSPS) is 21.7. The van der Waals surface area contributed by atoms with Gasteiger partial charge >= 0.3 is 0 Å². The van der Waals surface area contributed by atoms with E-state index in [0.29, 0.717) is 17.5 Å². The Kier molecular flexibility index (Phi) is 2.43. The van der Waals surface area contributed by atoms with Gasteiger partial charge in [-0.2, -0.15) is 4.37 Å². The Morgan fingerprint density at radius 3 is 2.90 bits per heavy atom. The molecule has 8 heteroatoms. The fourth-order valence-electron chi connectivity index (χ4n) is 2.09. The van der Waals surface area contributed by atoms with Crippen molar-refractivity contribution >= 4 is 17.4 Å². The Hall–Kier alpha value is -2.48. The molecule has 7 nitrogen and oxygen atoms in total. The van der Waals surface area contributed by atoms with Crippen molar-refractivity contribution in [1.82, 2.24) is 14.5 Å². The molecule has 0 spiro atoms. The van der Waals surface area contributed by atoms with Gasteiger partial charge in [0.05, 0.1) is 11.9 Å². The lowest BCUT2D eigenvalue weighted by Gasteiger charge is -2.18. The summed E-state index contributed by atoms with van der Waals surface area (Å²) in [6, 6.07) is 3.65. The first kappa shape index (κ1) is 11.4. The van der Waals surface area contributed by atoms with E-state index < -0.39 is 5.54 Å². The van der Waals surface area contributed by atoms with Crippen molar-refractivity contribution in [3.05, 3.63) is 53.5 Å². The van der Waals surface area contributed by atoms with Gasteiger partial charge in [-0.1, -0.05) is 5.16 Å². The lowest BCUT2D eigenvalue weighted by atomic mass is 9.93. The second-order valence-corrected chi connectivity index (χ2v) is 4.84. The van der Waals surface area contributed by atoms with Crippen molar-refractivity contribution in [2.75, 3.05) is 6.61 Å². The number of aromatic nitrogens is 3. The molecule has 1 aliphatic rings. The second kappa shape index (κ2) is 4.27. The summed E-state index contributed by atoms with van der Waals surface area (Å²) in [5.74, 6) is 0.677. The minimum atomic E-state index is -0.809. The molecule has 4 heterocycles. The van der Waals surface area contributed by atoms with Crippen molar-refractivity contribution in [3.63, 3.8) is 0 Å². The van der Waals surface area contributed by atoms with Crippen LogP contribution in [0.4, 0.5) is 0 Å². The predicted octanol–water partition coefficient (Wildman–Crippen LogP) is 1.84. The van der Waals surface area contributed by atoms with Crippen LogP contribution >= 0.6 is 11.5 Å². The quantitative estimate of drug-likeness (QED) is 0.731. The van der Waals surface area contributed by atoms with Crippen LogP contribution in [0.2, 0.25) is 0 Å². The average molecular weight is 288 g/mol. The van der Waals surface area contributed by atoms with Crippen LogP contribution in [-0.4, -0.2) is 27.0 Å². The van der Waals surface area contributed by atoms with Crippen molar-refractivity contribution in [1.29, 1.82) is 0 Å². The molecule has 100 valence electrons. The summed E-state index contributed by atoms with van der Waals surface area (Å²) in [6.45, 7) is 0.279. The maximum atomic E-state index is 5.64. The van der Waals surface area contributed by atoms with Crippen molar-refractivity contribution in [2.24, 2.45) is 4.99 Å². The smallest absolute Gasteiger partial charge is 0.282 e. The number of hydrogen-bond donors (Lipinski definition) is 0. The molecular formula is C12H8N4O3S. The first-order valence-corrected chi connectivity index (χ1v) is 6.66. The van der Waals surface area contributed by atoms with Crippen LogP contribution in [0.25, 0.3) is 0 Å². The van der Waals surface area contributed by atoms with Gasteiger partial charge in [0.25, 0.3) is 11.8 Å². The van der Waals surface area contributed by atoms with Crippen molar-refractivity contribution in [2.45, 2.75) is 5.54 Å². The predicted molar refractivity (Wildman–Crippen MR) is 68.4 cm³/mol. The zero-order chi connectivity index (χ0) is 13.4. The molecule has 0 aliphatic carbocycles. The molecule has 1 atom stereocenters. The van der Waals surface area contributed by atoms with E-state index in [4.69, 9.17) is 13.7 Å². The Morgan fingerprint density at radius 2 is 2.20 bits per heavy atom. The Labute approximate surface area is 117 Å². The number of nitrogens with zero attached hydrogens (tertiary/aromatic N) is 4. The summed E-state index contributed by atoms with van der Waals surface area (Å²) in [5.41, 5.74) is 0.597. The summed E-state index contributed by atoms with van der Waals surface area (Å²) < 4.78 is 20.2. The second-order valence-electron chi connectivity index (χ2n) is 4.17. The molecule has 0 N–H and O–H groups in total. The van der Waals surface area contributed by atoms with Crippen molar-refractivity contribution < 1.29 is 13.7 Å². The van der Waals surface area contributed by atoms with Gasteiger partial charge in [-0.15, -0.1) is 0 Å². The maximum Gasteiger partial charge on any atom is 0.282 e. The molecule has 0 saturated carbocycles. The van der Waals surface area contributed by atoms with Crippen LogP contribution in [0.15, 0.2) is 50.2 Å². The Bertz CT molecular complexity index is 685. The topological polar surface area (TPSA) is 86.5 Å². The highest BCUT2D eigenvalue weighted by Crippen LogP contribution is 2.37. The van der Waals surface area contributed by atoms with Crippen LogP contribution in [-0.2, 0) is 10.3 Å². The molecular weight excluding hydrogens is 280 g/mol. The van der Waals surface area contributed by atoms with E-state index in [9.17, 15) is 0 Å². The number of aliphatic imine (C=N–C) groups is 1. The van der Waals surface area contributed by atoms with Gasteiger partial charge in [-0.05, 0) is 17.6 Å². The Balaban J connectivity index is 1.86. The summed E-state index contributed by atoms with van der Waals surface area (Å²) in [4.78, 5) is 8.65. The summed E-state index contributed by atoms with van der Waals surface area (Å²) in [7, 11) is 0. The highest BCUT2D eigenvalue weighted by Gasteiger charge is 2.45. The molecule has 1 aliphatic heterocycles. The minimum absolute atomic E-state index is 0.279. The van der Waals surface area contributed by atoms with Gasteiger partial charge in [0.1, 0.15) is 24.8 Å². The van der Waals surface area contributed by atoms with Gasteiger partial charge in [0, 0.05) is 11.4 Å². The zero-order valence-corrected chi connectivity index (χ0v) is 10.9. The van der Waals surface area contributed by atoms with E-state index in [1.807, 2.05) is 11.4 Å². The first-order valence-electron chi connectivity index (χ1n) is 5.83. The molecule has 3 aromatic rings. The Morgan fingerprint density at radius 1 is 1.20 bits per heavy atom. The van der Waals surface area contributed by atoms with E-state index in [1.165, 1.54) is 24.1 Å². The van der Waals surface area contributed by atoms with E-state index in [-0.39, 0.29) is 6.61 Å². The van der Waals surface area contributed by atoms with Gasteiger partial charge in [0.15, 0.2) is 5.54 Å². The van der Waals surface area contributed by atoms with Crippen LogP contribution in [0, 0.1) is 0 Å². The van der Waals surface area contributed by atoms with Gasteiger partial charge < -0.3 is 13.7 Å². The fourth-order valence-corrected chi connectivity index (χ4v) is 2.67. The highest BCUT2D eigenvalue weighted by atomic mass is 32.1. The summed E-state index contributed by atoms with van der Waals surface area (Å²) >= 11 is 1.35. The molecule has 4 rings (SSSR count). The molecule has 0 saturated heterocycles. The lowest BCUT2D eigenvalue weighted by Crippen LogP contribution is -2.27. The number of rotatable bonds is 3. The van der Waals surface area contributed by atoms with Crippen LogP contribution in [0.1, 0.15) is 17.3 Å². The lowest BCUT2D eigenvalue weighted by molar-refractivity contribution is 0.265. The number of hydrogen-bond acceptors (Lipinski definition) is 8. The van der Waals surface area contributed by atoms with E-state index in [2.05, 4.69) is 19.5 Å². The van der Waals surface area contributed by atoms with Crippen LogP contribution in [0.5, 0.6) is 0 Å². The van der Waals surface area contributed by atoms with Crippen LogP contribution < -0.4 is 0 Å². The summed E-state index contributed by atoms with van der Waals surface area (Å²) in [6.07, 6.45) is 4.52. The van der Waals surface area contributed by atoms with Crippen LogP contribution in [0.3, 0.4) is 0 Å². The summed E-state index contributed by atoms with van der Waals surface area (Å²) in [5, 5.41) is 5.88. The third-order valence-corrected chi connectivity index (χ3v) is 3.61. The largest absolute Gasteiger partial charge is 0.471 e. The maximum absolute atomic E-state index is 5.64. The molecule has 0 aromatic carbocycles. The molecule has 0 bridgehead atoms. The van der Waals surface area contributed by atoms with Crippen molar-refractivity contribution in [3.8, 4) is 0 Å². The van der Waals surface area contributed by atoms with Gasteiger partial charge in [-0.25, -0.2) is 9.98 Å². The minimum Gasteiger partial charge on any atom is -0.471 e. The molecule has 20 heavy (non-hydrogen) atoms. The first-order chi connectivity index (χ1) is 9.88. The average Bonchev–Trinajstić information content (AvgIpc) is 3.23. The van der Waals surface area contributed by atoms with E-state index in [0.717, 1.165) is 5.69 Å². The fraction of sp³-hybridized carbons (Fsp3) is 0.167. The molecule has 0 radical (unpaired) electrons. The monoisotopic (exact) mass is 288 g/mol. The van der Waals surface area contributed by atoms with Gasteiger partial charge in [-0.3, -0.25) is 0 Å². The zero-order valence-electron chi connectivity index (χ0n) is 10.1. The van der Waals surface area contributed by atoms with E-state index in [1.54, 1.807) is 12.3 Å². The SMILES string of the molecule is c1coc(C2=NC(c3ccon3)(c3ccsn3)CO2)n1. The third-order valence-electron chi connectivity index (χ3n) is 3.05. The molecule has 1 unspecified atom stereocenters. The van der Waals surface area contributed by atoms with E-state index >= 15 is 0 Å². The molecule has 0 amide bonds. The van der Waals surface area contributed by atoms with Gasteiger partial charge in [0.2, 0.25) is 0 Å². The number of oxazole rings is 1. The number of ether oxygens (including phenoxy) is 1. The highest BCUT2D eigenvalue weighted by molar-refractivity contribution is 7.03.